The van der Waals surface area contributed by atoms with Crippen molar-refractivity contribution in [2.75, 3.05) is 49.5 Å². The average Bonchev–Trinajstić information content (AvgIpc) is 2.95. The summed E-state index contributed by atoms with van der Waals surface area (Å²) in [5, 5.41) is 12.0. The van der Waals surface area contributed by atoms with Crippen LogP contribution in [-0.2, 0) is 14.3 Å². The third-order valence-electron chi connectivity index (χ3n) is 5.08. The lowest BCUT2D eigenvalue weighted by Gasteiger charge is -2.37. The van der Waals surface area contributed by atoms with Gasteiger partial charge in [0.2, 0.25) is 0 Å². The summed E-state index contributed by atoms with van der Waals surface area (Å²) in [6.07, 6.45) is 0.958. The number of hydrogen-bond acceptors (Lipinski definition) is 7. The summed E-state index contributed by atoms with van der Waals surface area (Å²) in [6.45, 7) is 9.81. The SMILES string of the molecule is Cc1cc(NC2=CC(=O)N(CCO)C2=O)ccc1N1CCN(C(=O)OC(C)(C)C)CC1. The molecular weight excluding hydrogens is 400 g/mol. The van der Waals surface area contributed by atoms with E-state index < -0.39 is 17.4 Å². The number of amides is 3. The van der Waals surface area contributed by atoms with Gasteiger partial charge in [-0.3, -0.25) is 14.5 Å². The van der Waals surface area contributed by atoms with Gasteiger partial charge in [0, 0.05) is 43.6 Å². The number of aliphatic hydroxyl groups is 1. The smallest absolute Gasteiger partial charge is 0.410 e. The number of rotatable bonds is 5. The van der Waals surface area contributed by atoms with E-state index in [1.165, 1.54) is 6.08 Å². The Labute approximate surface area is 182 Å². The van der Waals surface area contributed by atoms with E-state index in [2.05, 4.69) is 10.2 Å². The Hall–Kier alpha value is -3.07. The molecule has 0 unspecified atom stereocenters. The second-order valence-corrected chi connectivity index (χ2v) is 8.66. The lowest BCUT2D eigenvalue weighted by molar-refractivity contribution is -0.137. The van der Waals surface area contributed by atoms with Gasteiger partial charge < -0.3 is 25.0 Å². The van der Waals surface area contributed by atoms with E-state index >= 15 is 0 Å². The molecule has 31 heavy (non-hydrogen) atoms. The van der Waals surface area contributed by atoms with E-state index in [0.29, 0.717) is 31.9 Å². The Balaban J connectivity index is 1.61. The van der Waals surface area contributed by atoms with E-state index in [1.807, 2.05) is 45.9 Å². The number of carbonyl (C=O) groups is 3. The van der Waals surface area contributed by atoms with Gasteiger partial charge in [-0.25, -0.2) is 4.79 Å². The largest absolute Gasteiger partial charge is 0.444 e. The molecule has 0 saturated carbocycles. The van der Waals surface area contributed by atoms with Crippen molar-refractivity contribution in [3.05, 3.63) is 35.5 Å². The second kappa shape index (κ2) is 8.97. The molecule has 1 aromatic rings. The third kappa shape index (κ3) is 5.35. The van der Waals surface area contributed by atoms with E-state index in [0.717, 1.165) is 16.2 Å². The number of ether oxygens (including phenoxy) is 1. The van der Waals surface area contributed by atoms with Crippen LogP contribution in [0.1, 0.15) is 26.3 Å². The van der Waals surface area contributed by atoms with E-state index in [9.17, 15) is 14.4 Å². The first kappa shape index (κ1) is 22.6. The Morgan fingerprint density at radius 3 is 2.42 bits per heavy atom. The zero-order valence-electron chi connectivity index (χ0n) is 18.5. The molecule has 2 heterocycles. The fourth-order valence-corrected chi connectivity index (χ4v) is 3.61. The van der Waals surface area contributed by atoms with Crippen LogP contribution in [-0.4, -0.2) is 77.7 Å². The molecular formula is C22H30N4O5. The lowest BCUT2D eigenvalue weighted by atomic mass is 10.1. The molecule has 0 bridgehead atoms. The third-order valence-corrected chi connectivity index (χ3v) is 5.08. The molecule has 0 radical (unpaired) electrons. The van der Waals surface area contributed by atoms with Gasteiger partial charge in [-0.2, -0.15) is 0 Å². The number of imide groups is 1. The number of nitrogens with zero attached hydrogens (tertiary/aromatic N) is 3. The summed E-state index contributed by atoms with van der Waals surface area (Å²) in [4.78, 5) is 41.4. The molecule has 0 spiro atoms. The number of hydrogen-bond donors (Lipinski definition) is 2. The molecule has 0 aromatic heterocycles. The van der Waals surface area contributed by atoms with Crippen molar-refractivity contribution in [2.45, 2.75) is 33.3 Å². The highest BCUT2D eigenvalue weighted by atomic mass is 16.6. The van der Waals surface area contributed by atoms with Crippen molar-refractivity contribution in [3.63, 3.8) is 0 Å². The summed E-state index contributed by atoms with van der Waals surface area (Å²) in [5.41, 5.74) is 2.45. The highest BCUT2D eigenvalue weighted by Crippen LogP contribution is 2.26. The molecule has 168 valence electrons. The maximum absolute atomic E-state index is 12.3. The van der Waals surface area contributed by atoms with Crippen LogP contribution in [0, 0.1) is 6.92 Å². The van der Waals surface area contributed by atoms with Gasteiger partial charge in [-0.05, 0) is 51.5 Å². The number of nitrogens with one attached hydrogen (secondary N) is 1. The topological polar surface area (TPSA) is 102 Å². The maximum Gasteiger partial charge on any atom is 0.410 e. The van der Waals surface area contributed by atoms with Gasteiger partial charge in [-0.15, -0.1) is 0 Å². The molecule has 2 aliphatic heterocycles. The first-order valence-corrected chi connectivity index (χ1v) is 10.4. The molecule has 0 atom stereocenters. The molecule has 1 aromatic carbocycles. The molecule has 1 fully saturated rings. The normalized spacial score (nSPS) is 17.2. The predicted octanol–water partition coefficient (Wildman–Crippen LogP) is 1.71. The molecule has 9 heteroatoms. The number of carbonyl (C=O) groups excluding carboxylic acids is 3. The summed E-state index contributed by atoms with van der Waals surface area (Å²) < 4.78 is 5.45. The highest BCUT2D eigenvalue weighted by molar-refractivity contribution is 6.17. The number of anilines is 2. The monoisotopic (exact) mass is 430 g/mol. The Kier molecular flexibility index (Phi) is 6.54. The number of piperazine rings is 1. The number of aliphatic hydroxyl groups excluding tert-OH is 1. The van der Waals surface area contributed by atoms with E-state index in [1.54, 1.807) is 4.90 Å². The van der Waals surface area contributed by atoms with Crippen LogP contribution < -0.4 is 10.2 Å². The quantitative estimate of drug-likeness (QED) is 0.686. The van der Waals surface area contributed by atoms with Crippen LogP contribution in [0.15, 0.2) is 30.0 Å². The Morgan fingerprint density at radius 2 is 1.84 bits per heavy atom. The first-order valence-electron chi connectivity index (χ1n) is 10.4. The molecule has 9 nitrogen and oxygen atoms in total. The van der Waals surface area contributed by atoms with Crippen LogP contribution in [0.3, 0.4) is 0 Å². The first-order chi connectivity index (χ1) is 14.6. The van der Waals surface area contributed by atoms with Crippen LogP contribution in [0.4, 0.5) is 16.2 Å². The van der Waals surface area contributed by atoms with Gasteiger partial charge in [0.1, 0.15) is 11.3 Å². The molecule has 1 saturated heterocycles. The van der Waals surface area contributed by atoms with Gasteiger partial charge in [0.05, 0.1) is 13.2 Å². The Morgan fingerprint density at radius 1 is 1.16 bits per heavy atom. The molecule has 2 N–H and O–H groups in total. The van der Waals surface area contributed by atoms with Gasteiger partial charge in [-0.1, -0.05) is 0 Å². The molecule has 3 rings (SSSR count). The van der Waals surface area contributed by atoms with Crippen molar-refractivity contribution in [1.82, 2.24) is 9.80 Å². The number of aryl methyl sites for hydroxylation is 1. The van der Waals surface area contributed by atoms with Crippen molar-refractivity contribution in [3.8, 4) is 0 Å². The summed E-state index contributed by atoms with van der Waals surface area (Å²) in [7, 11) is 0. The lowest BCUT2D eigenvalue weighted by Crippen LogP contribution is -2.50. The fourth-order valence-electron chi connectivity index (χ4n) is 3.61. The van der Waals surface area contributed by atoms with Crippen LogP contribution in [0.25, 0.3) is 0 Å². The van der Waals surface area contributed by atoms with Gasteiger partial charge in [0.15, 0.2) is 0 Å². The van der Waals surface area contributed by atoms with Crippen molar-refractivity contribution < 1.29 is 24.2 Å². The molecule has 3 amide bonds. The number of benzene rings is 1. The van der Waals surface area contributed by atoms with E-state index in [-0.39, 0.29) is 24.9 Å². The molecule has 2 aliphatic rings. The summed E-state index contributed by atoms with van der Waals surface area (Å²) >= 11 is 0. The predicted molar refractivity (Wildman–Crippen MR) is 117 cm³/mol. The van der Waals surface area contributed by atoms with Crippen molar-refractivity contribution in [2.24, 2.45) is 0 Å². The van der Waals surface area contributed by atoms with Crippen molar-refractivity contribution in [1.29, 1.82) is 0 Å². The maximum atomic E-state index is 12.3. The van der Waals surface area contributed by atoms with Crippen LogP contribution >= 0.6 is 0 Å². The van der Waals surface area contributed by atoms with Gasteiger partial charge in [0.25, 0.3) is 11.8 Å². The minimum absolute atomic E-state index is 0.0212. The summed E-state index contributed by atoms with van der Waals surface area (Å²) in [5.74, 6) is -0.878. The zero-order valence-corrected chi connectivity index (χ0v) is 18.5. The zero-order chi connectivity index (χ0) is 22.8. The van der Waals surface area contributed by atoms with Gasteiger partial charge >= 0.3 is 6.09 Å². The minimum Gasteiger partial charge on any atom is -0.444 e. The average molecular weight is 431 g/mol. The minimum atomic E-state index is -0.510. The second-order valence-electron chi connectivity index (χ2n) is 8.66. The van der Waals surface area contributed by atoms with Crippen molar-refractivity contribution >= 4 is 29.3 Å². The Bertz CT molecular complexity index is 898. The molecule has 0 aliphatic carbocycles. The number of β-amino-alcohol motifs (C(OH)–C–C–N with tert-alkyl or cyclic N) is 1. The van der Waals surface area contributed by atoms with E-state index in [4.69, 9.17) is 9.84 Å². The fraction of sp³-hybridized carbons (Fsp3) is 0.500. The summed E-state index contributed by atoms with van der Waals surface area (Å²) in [6, 6.07) is 5.74. The standard InChI is InChI=1S/C22H30N4O5/c1-15-13-16(23-17-14-19(28)26(11-12-27)20(17)29)5-6-18(15)24-7-9-25(10-8-24)21(30)31-22(2,3)4/h5-6,13-14,23,27H,7-12H2,1-4H3. The van der Waals surface area contributed by atoms with Crippen LogP contribution in [0.5, 0.6) is 0 Å². The highest BCUT2D eigenvalue weighted by Gasteiger charge is 2.31. The van der Waals surface area contributed by atoms with Crippen LogP contribution in [0.2, 0.25) is 0 Å².